The summed E-state index contributed by atoms with van der Waals surface area (Å²) in [6, 6.07) is 2.08. The topological polar surface area (TPSA) is 30.7 Å². The lowest BCUT2D eigenvalue weighted by molar-refractivity contribution is 0.692. The number of hydrogen-bond donors (Lipinski definition) is 0. The zero-order valence-electron chi connectivity index (χ0n) is 8.40. The SMILES string of the molecule is Cc1cc(SCc2cnc(Cl)s2)n(C)n1. The number of rotatable bonds is 3. The summed E-state index contributed by atoms with van der Waals surface area (Å²) in [7, 11) is 1.95. The first-order chi connectivity index (χ1) is 7.15. The van der Waals surface area contributed by atoms with Crippen molar-refractivity contribution in [1.29, 1.82) is 0 Å². The van der Waals surface area contributed by atoms with Gasteiger partial charge in [-0.3, -0.25) is 4.68 Å². The van der Waals surface area contributed by atoms with Gasteiger partial charge in [-0.25, -0.2) is 4.98 Å². The lowest BCUT2D eigenvalue weighted by Crippen LogP contribution is -1.92. The molecule has 0 aliphatic carbocycles. The molecule has 0 radical (unpaired) electrons. The van der Waals surface area contributed by atoms with E-state index in [0.29, 0.717) is 4.47 Å². The van der Waals surface area contributed by atoms with E-state index in [1.807, 2.05) is 24.9 Å². The normalized spacial score (nSPS) is 10.9. The zero-order valence-corrected chi connectivity index (χ0v) is 10.8. The van der Waals surface area contributed by atoms with Gasteiger partial charge in [0.15, 0.2) is 4.47 Å². The summed E-state index contributed by atoms with van der Waals surface area (Å²) in [5, 5.41) is 5.45. The summed E-state index contributed by atoms with van der Waals surface area (Å²) >= 11 is 9.03. The Labute approximate surface area is 101 Å². The third-order valence-corrected chi connectivity index (χ3v) is 4.28. The van der Waals surface area contributed by atoms with Crippen LogP contribution in [0, 0.1) is 6.92 Å². The van der Waals surface area contributed by atoms with Gasteiger partial charge in [0.1, 0.15) is 0 Å². The minimum Gasteiger partial charge on any atom is -0.262 e. The molecule has 6 heteroatoms. The van der Waals surface area contributed by atoms with Crippen molar-refractivity contribution in [2.24, 2.45) is 7.05 Å². The van der Waals surface area contributed by atoms with Crippen LogP contribution < -0.4 is 0 Å². The summed E-state index contributed by atoms with van der Waals surface area (Å²) < 4.78 is 2.50. The summed E-state index contributed by atoms with van der Waals surface area (Å²) in [5.41, 5.74) is 1.04. The maximum absolute atomic E-state index is 5.76. The van der Waals surface area contributed by atoms with E-state index < -0.39 is 0 Å². The number of thiazole rings is 1. The van der Waals surface area contributed by atoms with E-state index in [-0.39, 0.29) is 0 Å². The van der Waals surface area contributed by atoms with E-state index >= 15 is 0 Å². The summed E-state index contributed by atoms with van der Waals surface area (Å²) in [6.45, 7) is 1.99. The lowest BCUT2D eigenvalue weighted by Gasteiger charge is -1.98. The zero-order chi connectivity index (χ0) is 10.8. The number of thioether (sulfide) groups is 1. The minimum absolute atomic E-state index is 0.604. The molecule has 0 saturated carbocycles. The van der Waals surface area contributed by atoms with Crippen molar-refractivity contribution < 1.29 is 0 Å². The number of hydrogen-bond acceptors (Lipinski definition) is 4. The molecule has 2 aromatic heterocycles. The maximum Gasteiger partial charge on any atom is 0.183 e. The van der Waals surface area contributed by atoms with Crippen molar-refractivity contribution in [3.8, 4) is 0 Å². The average molecular weight is 260 g/mol. The van der Waals surface area contributed by atoms with Gasteiger partial charge in [-0.1, -0.05) is 11.6 Å². The molecule has 0 atom stereocenters. The number of nitrogens with zero attached hydrogens (tertiary/aromatic N) is 3. The van der Waals surface area contributed by atoms with Gasteiger partial charge in [-0.15, -0.1) is 23.1 Å². The molecule has 0 spiro atoms. The van der Waals surface area contributed by atoms with Crippen LogP contribution in [0.5, 0.6) is 0 Å². The Morgan fingerprint density at radius 2 is 2.40 bits per heavy atom. The molecule has 2 heterocycles. The largest absolute Gasteiger partial charge is 0.262 e. The molecule has 0 N–H and O–H groups in total. The van der Waals surface area contributed by atoms with Crippen molar-refractivity contribution in [3.63, 3.8) is 0 Å². The molecule has 0 bridgehead atoms. The van der Waals surface area contributed by atoms with Crippen molar-refractivity contribution in [2.75, 3.05) is 0 Å². The van der Waals surface area contributed by atoms with E-state index in [1.165, 1.54) is 16.2 Å². The van der Waals surface area contributed by atoms with Crippen LogP contribution in [0.1, 0.15) is 10.6 Å². The van der Waals surface area contributed by atoms with Crippen LogP contribution in [0.3, 0.4) is 0 Å². The van der Waals surface area contributed by atoms with Crippen molar-refractivity contribution in [2.45, 2.75) is 17.7 Å². The van der Waals surface area contributed by atoms with Gasteiger partial charge < -0.3 is 0 Å². The lowest BCUT2D eigenvalue weighted by atomic mass is 10.5. The molecule has 15 heavy (non-hydrogen) atoms. The van der Waals surface area contributed by atoms with Crippen LogP contribution in [-0.2, 0) is 12.8 Å². The molecule has 0 aromatic carbocycles. The Balaban J connectivity index is 2.01. The molecular weight excluding hydrogens is 250 g/mol. The predicted molar refractivity (Wildman–Crippen MR) is 64.6 cm³/mol. The summed E-state index contributed by atoms with van der Waals surface area (Å²) in [4.78, 5) is 5.19. The van der Waals surface area contributed by atoms with Crippen LogP contribution in [0.2, 0.25) is 4.47 Å². The monoisotopic (exact) mass is 259 g/mol. The Kier molecular flexibility index (Phi) is 3.33. The highest BCUT2D eigenvalue weighted by molar-refractivity contribution is 7.98. The summed E-state index contributed by atoms with van der Waals surface area (Å²) in [6.07, 6.45) is 1.82. The van der Waals surface area contributed by atoms with Crippen molar-refractivity contribution in [3.05, 3.63) is 27.3 Å². The number of aromatic nitrogens is 3. The van der Waals surface area contributed by atoms with Gasteiger partial charge in [0, 0.05) is 23.9 Å². The molecule has 0 saturated heterocycles. The Morgan fingerprint density at radius 3 is 2.93 bits per heavy atom. The van der Waals surface area contributed by atoms with Gasteiger partial charge in [-0.2, -0.15) is 5.10 Å². The molecule has 0 aliphatic heterocycles. The van der Waals surface area contributed by atoms with E-state index in [1.54, 1.807) is 11.8 Å². The van der Waals surface area contributed by atoms with Crippen LogP contribution in [0.15, 0.2) is 17.3 Å². The summed E-state index contributed by atoms with van der Waals surface area (Å²) in [5.74, 6) is 0.892. The molecule has 2 rings (SSSR count). The van der Waals surface area contributed by atoms with E-state index in [9.17, 15) is 0 Å². The Bertz CT molecular complexity index is 464. The van der Waals surface area contributed by atoms with Gasteiger partial charge in [0.2, 0.25) is 0 Å². The van der Waals surface area contributed by atoms with Crippen molar-refractivity contribution >= 4 is 34.7 Å². The second-order valence-corrected chi connectivity index (χ2v) is 5.81. The molecular formula is C9H10ClN3S2. The molecule has 0 unspecified atom stereocenters. The van der Waals surface area contributed by atoms with Crippen LogP contribution >= 0.6 is 34.7 Å². The van der Waals surface area contributed by atoms with E-state index in [0.717, 1.165) is 16.5 Å². The van der Waals surface area contributed by atoms with Gasteiger partial charge in [0.05, 0.1) is 10.7 Å². The van der Waals surface area contributed by atoms with Crippen LogP contribution in [0.4, 0.5) is 0 Å². The second-order valence-electron chi connectivity index (χ2n) is 3.12. The smallest absolute Gasteiger partial charge is 0.183 e. The molecule has 80 valence electrons. The van der Waals surface area contributed by atoms with E-state index in [2.05, 4.69) is 16.1 Å². The van der Waals surface area contributed by atoms with Gasteiger partial charge in [0.25, 0.3) is 0 Å². The minimum atomic E-state index is 0.604. The third-order valence-electron chi connectivity index (χ3n) is 1.85. The molecule has 0 aliphatic rings. The predicted octanol–water partition coefficient (Wildman–Crippen LogP) is 3.13. The van der Waals surface area contributed by atoms with Crippen LogP contribution in [-0.4, -0.2) is 14.8 Å². The molecule has 0 fully saturated rings. The standard InChI is InChI=1S/C9H10ClN3S2/c1-6-3-8(13(2)12-6)14-5-7-4-11-9(10)15-7/h3-4H,5H2,1-2H3. The first-order valence-corrected chi connectivity index (χ1v) is 6.57. The molecule has 0 amide bonds. The quantitative estimate of drug-likeness (QED) is 0.794. The highest BCUT2D eigenvalue weighted by Gasteiger charge is 2.05. The molecule has 3 nitrogen and oxygen atoms in total. The second kappa shape index (κ2) is 4.55. The van der Waals surface area contributed by atoms with Crippen LogP contribution in [0.25, 0.3) is 0 Å². The molecule has 2 aromatic rings. The number of halogens is 1. The fourth-order valence-electron chi connectivity index (χ4n) is 1.22. The fourth-order valence-corrected chi connectivity index (χ4v) is 3.25. The average Bonchev–Trinajstić information content (AvgIpc) is 2.70. The highest BCUT2D eigenvalue weighted by Crippen LogP contribution is 2.27. The third kappa shape index (κ3) is 2.74. The highest BCUT2D eigenvalue weighted by atomic mass is 35.5. The Hall–Kier alpha value is -0.520. The first-order valence-electron chi connectivity index (χ1n) is 4.39. The van der Waals surface area contributed by atoms with Gasteiger partial charge in [-0.05, 0) is 13.0 Å². The number of aryl methyl sites for hydroxylation is 2. The first kappa shape index (κ1) is 11.0. The maximum atomic E-state index is 5.76. The van der Waals surface area contributed by atoms with Gasteiger partial charge >= 0.3 is 0 Å². The Morgan fingerprint density at radius 1 is 1.60 bits per heavy atom. The van der Waals surface area contributed by atoms with E-state index in [4.69, 9.17) is 11.6 Å². The van der Waals surface area contributed by atoms with Crippen molar-refractivity contribution in [1.82, 2.24) is 14.8 Å². The fraction of sp³-hybridized carbons (Fsp3) is 0.333.